The number of aromatic nitrogens is 2. The summed E-state index contributed by atoms with van der Waals surface area (Å²) in [5.41, 5.74) is 2.35. The fraction of sp³-hybridized carbons (Fsp3) is 0.318. The van der Waals surface area contributed by atoms with Gasteiger partial charge in [0.25, 0.3) is 0 Å². The molecular weight excluding hydrogens is 423 g/mol. The predicted molar refractivity (Wildman–Crippen MR) is 121 cm³/mol. The van der Waals surface area contributed by atoms with Crippen LogP contribution in [0, 0.1) is 5.82 Å². The van der Waals surface area contributed by atoms with Gasteiger partial charge >= 0.3 is 0 Å². The van der Waals surface area contributed by atoms with E-state index in [0.29, 0.717) is 53.2 Å². The van der Waals surface area contributed by atoms with E-state index in [-0.39, 0.29) is 11.8 Å². The third kappa shape index (κ3) is 3.56. The topological polar surface area (TPSA) is 49.3 Å². The van der Waals surface area contributed by atoms with Gasteiger partial charge in [0, 0.05) is 55.1 Å². The number of rotatable bonds is 4. The van der Waals surface area contributed by atoms with E-state index < -0.39 is 5.82 Å². The molecule has 0 saturated carbocycles. The molecule has 0 bridgehead atoms. The van der Waals surface area contributed by atoms with Gasteiger partial charge in [-0.15, -0.1) is 0 Å². The number of benzene rings is 1. The number of pyridine rings is 1. The van der Waals surface area contributed by atoms with E-state index in [9.17, 15) is 4.79 Å². The maximum atomic E-state index is 15.6. The van der Waals surface area contributed by atoms with Crippen LogP contribution >= 0.6 is 23.1 Å². The van der Waals surface area contributed by atoms with Gasteiger partial charge < -0.3 is 9.80 Å². The maximum Gasteiger partial charge on any atom is 0.246 e. The number of amides is 1. The lowest BCUT2D eigenvalue weighted by molar-refractivity contribution is -0.126. The number of hydrogen-bond acceptors (Lipinski definition) is 5. The molecule has 0 N–H and O–H groups in total. The predicted octanol–water partition coefficient (Wildman–Crippen LogP) is 5.11. The van der Waals surface area contributed by atoms with E-state index in [4.69, 9.17) is 11.6 Å². The monoisotopic (exact) mass is 444 g/mol. The summed E-state index contributed by atoms with van der Waals surface area (Å²) < 4.78 is 20.0. The van der Waals surface area contributed by atoms with Gasteiger partial charge in [-0.25, -0.2) is 4.39 Å². The summed E-state index contributed by atoms with van der Waals surface area (Å²) in [6, 6.07) is 3.70. The van der Waals surface area contributed by atoms with Crippen molar-refractivity contribution < 1.29 is 9.18 Å². The van der Waals surface area contributed by atoms with Crippen molar-refractivity contribution in [2.24, 2.45) is 0 Å². The highest BCUT2D eigenvalue weighted by Crippen LogP contribution is 2.42. The van der Waals surface area contributed by atoms with Crippen molar-refractivity contribution in [3.63, 3.8) is 0 Å². The molecule has 3 heterocycles. The summed E-state index contributed by atoms with van der Waals surface area (Å²) in [6.45, 7) is 10.1. The number of halogens is 2. The minimum atomic E-state index is -0.421. The zero-order valence-corrected chi connectivity index (χ0v) is 18.4. The fourth-order valence-corrected chi connectivity index (χ4v) is 5.05. The van der Waals surface area contributed by atoms with Crippen LogP contribution in [-0.2, 0) is 4.79 Å². The Balaban J connectivity index is 1.73. The van der Waals surface area contributed by atoms with Gasteiger partial charge in [0.15, 0.2) is 5.82 Å². The number of hydrogen-bond donors (Lipinski definition) is 0. The molecule has 8 heteroatoms. The molecule has 0 aliphatic carbocycles. The van der Waals surface area contributed by atoms with E-state index >= 15 is 4.39 Å². The molecule has 2 aromatic heterocycles. The number of carbonyl (C=O) groups is 1. The first kappa shape index (κ1) is 20.8. The number of nitrogens with zero attached hydrogens (tertiary/aromatic N) is 4. The third-order valence-electron chi connectivity index (χ3n) is 5.45. The highest BCUT2D eigenvalue weighted by atomic mass is 35.5. The average molecular weight is 445 g/mol. The van der Waals surface area contributed by atoms with E-state index in [0.717, 1.165) is 10.6 Å². The minimum Gasteiger partial charge on any atom is -0.358 e. The van der Waals surface area contributed by atoms with Gasteiger partial charge in [-0.05, 0) is 41.2 Å². The van der Waals surface area contributed by atoms with Crippen molar-refractivity contribution in [2.45, 2.75) is 19.8 Å². The maximum absolute atomic E-state index is 15.6. The van der Waals surface area contributed by atoms with Gasteiger partial charge in [-0.3, -0.25) is 9.78 Å². The van der Waals surface area contributed by atoms with Crippen molar-refractivity contribution in [1.82, 2.24) is 14.3 Å². The van der Waals surface area contributed by atoms with Crippen molar-refractivity contribution in [1.29, 1.82) is 0 Å². The normalized spacial score (nSPS) is 14.6. The molecule has 156 valence electrons. The summed E-state index contributed by atoms with van der Waals surface area (Å²) >= 11 is 7.86. The van der Waals surface area contributed by atoms with Crippen molar-refractivity contribution in [2.75, 3.05) is 31.1 Å². The molecule has 0 radical (unpaired) electrons. The van der Waals surface area contributed by atoms with Crippen molar-refractivity contribution in [3.05, 3.63) is 53.6 Å². The van der Waals surface area contributed by atoms with Gasteiger partial charge in [0.2, 0.25) is 5.91 Å². The summed E-state index contributed by atoms with van der Waals surface area (Å²) in [7, 11) is 0. The summed E-state index contributed by atoms with van der Waals surface area (Å²) in [4.78, 5) is 19.9. The first-order chi connectivity index (χ1) is 14.4. The highest BCUT2D eigenvalue weighted by Gasteiger charge is 2.26. The van der Waals surface area contributed by atoms with E-state index in [1.807, 2.05) is 6.07 Å². The Morgan fingerprint density at radius 1 is 1.33 bits per heavy atom. The largest absolute Gasteiger partial charge is 0.358 e. The van der Waals surface area contributed by atoms with E-state index in [1.165, 1.54) is 17.6 Å². The first-order valence-electron chi connectivity index (χ1n) is 9.80. The molecular formula is C22H22ClFN4OS. The van der Waals surface area contributed by atoms with Gasteiger partial charge in [-0.2, -0.15) is 4.37 Å². The highest BCUT2D eigenvalue weighted by molar-refractivity contribution is 7.11. The Labute approximate surface area is 183 Å². The average Bonchev–Trinajstić information content (AvgIpc) is 3.17. The third-order valence-corrected chi connectivity index (χ3v) is 6.67. The second-order valence-corrected chi connectivity index (χ2v) is 8.72. The Hall–Kier alpha value is -2.51. The fourth-order valence-electron chi connectivity index (χ4n) is 3.85. The standard InChI is InChI=1S/C22H22ClFN4OS/c1-4-18(29)27-7-9-28(10-8-27)22-15-11-17(23)19(20(24)21(15)26-30-22)16-12-25-6-5-14(16)13(2)3/h4-6,11-13H,1,7-10H2,2-3H3. The summed E-state index contributed by atoms with van der Waals surface area (Å²) in [5.74, 6) is -0.287. The van der Waals surface area contributed by atoms with Crippen LogP contribution in [0.5, 0.6) is 0 Å². The molecule has 5 nitrogen and oxygen atoms in total. The van der Waals surface area contributed by atoms with Crippen LogP contribution in [0.3, 0.4) is 0 Å². The lowest BCUT2D eigenvalue weighted by Crippen LogP contribution is -2.48. The lowest BCUT2D eigenvalue weighted by Gasteiger charge is -2.34. The van der Waals surface area contributed by atoms with Crippen LogP contribution < -0.4 is 4.90 Å². The zero-order valence-electron chi connectivity index (χ0n) is 16.9. The first-order valence-corrected chi connectivity index (χ1v) is 11.0. The quantitative estimate of drug-likeness (QED) is 0.525. The molecule has 1 aliphatic rings. The Bertz CT molecular complexity index is 1120. The molecule has 1 saturated heterocycles. The van der Waals surface area contributed by atoms with Crippen LogP contribution in [0.2, 0.25) is 5.02 Å². The molecule has 3 aromatic rings. The SMILES string of the molecule is C=CC(=O)N1CCN(c2snc3c(F)c(-c4cnccc4C(C)C)c(Cl)cc23)CC1. The van der Waals surface area contributed by atoms with Crippen LogP contribution in [0.25, 0.3) is 22.0 Å². The Kier molecular flexibility index (Phi) is 5.75. The molecule has 1 amide bonds. The molecule has 30 heavy (non-hydrogen) atoms. The molecule has 1 aromatic carbocycles. The van der Waals surface area contributed by atoms with Crippen molar-refractivity contribution in [3.8, 4) is 11.1 Å². The molecule has 0 unspecified atom stereocenters. The van der Waals surface area contributed by atoms with Gasteiger partial charge in [0.05, 0.1) is 5.02 Å². The van der Waals surface area contributed by atoms with Crippen LogP contribution in [0.4, 0.5) is 9.39 Å². The molecule has 1 aliphatic heterocycles. The molecule has 0 atom stereocenters. The minimum absolute atomic E-state index is 0.0695. The number of piperazine rings is 1. The summed E-state index contributed by atoms with van der Waals surface area (Å²) in [6.07, 6.45) is 4.70. The van der Waals surface area contributed by atoms with E-state index in [2.05, 4.69) is 34.7 Å². The van der Waals surface area contributed by atoms with Crippen molar-refractivity contribution >= 4 is 44.9 Å². The van der Waals surface area contributed by atoms with Crippen LogP contribution in [0.1, 0.15) is 25.3 Å². The second kappa shape index (κ2) is 8.32. The lowest BCUT2D eigenvalue weighted by atomic mass is 9.93. The van der Waals surface area contributed by atoms with Crippen LogP contribution in [0.15, 0.2) is 37.2 Å². The molecule has 0 spiro atoms. The van der Waals surface area contributed by atoms with Gasteiger partial charge in [-0.1, -0.05) is 32.0 Å². The molecule has 1 fully saturated rings. The Morgan fingerprint density at radius 3 is 2.73 bits per heavy atom. The zero-order chi connectivity index (χ0) is 21.4. The Morgan fingerprint density at radius 2 is 2.07 bits per heavy atom. The van der Waals surface area contributed by atoms with Crippen LogP contribution in [-0.4, -0.2) is 46.3 Å². The van der Waals surface area contributed by atoms with Gasteiger partial charge in [0.1, 0.15) is 10.5 Å². The number of anilines is 1. The second-order valence-electron chi connectivity index (χ2n) is 7.57. The summed E-state index contributed by atoms with van der Waals surface area (Å²) in [5, 5.41) is 1.92. The molecule has 4 rings (SSSR count). The number of fused-ring (bicyclic) bond motifs is 1. The number of carbonyl (C=O) groups excluding carboxylic acids is 1. The van der Waals surface area contributed by atoms with E-state index in [1.54, 1.807) is 23.4 Å². The smallest absolute Gasteiger partial charge is 0.246 e.